The SMILES string of the molecule is Cc1nn(C)c(C)c1S(=O)(=O)N[C@@H]1CCCC[C@H]1N. The second-order valence-electron chi connectivity index (χ2n) is 5.30. The van der Waals surface area contributed by atoms with E-state index in [2.05, 4.69) is 9.82 Å². The second-order valence-corrected chi connectivity index (χ2v) is 6.95. The highest BCUT2D eigenvalue weighted by molar-refractivity contribution is 7.89. The summed E-state index contributed by atoms with van der Waals surface area (Å²) in [5.74, 6) is 0. The maximum absolute atomic E-state index is 12.5. The summed E-state index contributed by atoms with van der Waals surface area (Å²) < 4.78 is 29.3. The summed E-state index contributed by atoms with van der Waals surface area (Å²) in [5.41, 5.74) is 7.17. The molecule has 0 radical (unpaired) electrons. The summed E-state index contributed by atoms with van der Waals surface area (Å²) in [5, 5.41) is 4.16. The van der Waals surface area contributed by atoms with Crippen LogP contribution in [0.4, 0.5) is 0 Å². The summed E-state index contributed by atoms with van der Waals surface area (Å²) in [6, 6.07) is -0.265. The van der Waals surface area contributed by atoms with E-state index in [1.807, 2.05) is 0 Å². The average molecular weight is 286 g/mol. The summed E-state index contributed by atoms with van der Waals surface area (Å²) >= 11 is 0. The number of nitrogens with one attached hydrogen (secondary N) is 1. The van der Waals surface area contributed by atoms with Crippen molar-refractivity contribution in [3.63, 3.8) is 0 Å². The fourth-order valence-electron chi connectivity index (χ4n) is 2.71. The predicted octanol–water partition coefficient (Wildman–Crippen LogP) is 0.585. The molecule has 1 aromatic heterocycles. The number of nitrogens with two attached hydrogens (primary N) is 1. The summed E-state index contributed by atoms with van der Waals surface area (Å²) in [7, 11) is -1.80. The van der Waals surface area contributed by atoms with Gasteiger partial charge in [0.15, 0.2) is 0 Å². The molecule has 19 heavy (non-hydrogen) atoms. The van der Waals surface area contributed by atoms with Crippen LogP contribution in [0, 0.1) is 13.8 Å². The molecular weight excluding hydrogens is 264 g/mol. The van der Waals surface area contributed by atoms with Crippen molar-refractivity contribution in [1.82, 2.24) is 14.5 Å². The molecule has 1 aliphatic rings. The summed E-state index contributed by atoms with van der Waals surface area (Å²) in [4.78, 5) is 0.285. The topological polar surface area (TPSA) is 90.0 Å². The van der Waals surface area contributed by atoms with Crippen molar-refractivity contribution in [3.8, 4) is 0 Å². The molecule has 1 heterocycles. The van der Waals surface area contributed by atoms with Gasteiger partial charge in [0.05, 0.1) is 11.4 Å². The molecule has 1 aliphatic carbocycles. The van der Waals surface area contributed by atoms with Crippen LogP contribution >= 0.6 is 0 Å². The molecule has 1 aromatic rings. The number of hydrogen-bond donors (Lipinski definition) is 2. The average Bonchev–Trinajstić information content (AvgIpc) is 2.56. The minimum Gasteiger partial charge on any atom is -0.326 e. The van der Waals surface area contributed by atoms with Gasteiger partial charge in [0.1, 0.15) is 4.90 Å². The van der Waals surface area contributed by atoms with Gasteiger partial charge in [0.2, 0.25) is 10.0 Å². The fourth-order valence-corrected chi connectivity index (χ4v) is 4.47. The Labute approximate surface area is 114 Å². The van der Waals surface area contributed by atoms with E-state index in [0.717, 1.165) is 25.7 Å². The van der Waals surface area contributed by atoms with E-state index in [-0.39, 0.29) is 17.0 Å². The molecule has 7 heteroatoms. The Hall–Kier alpha value is -0.920. The van der Waals surface area contributed by atoms with Gasteiger partial charge in [0.25, 0.3) is 0 Å². The van der Waals surface area contributed by atoms with E-state index in [0.29, 0.717) is 11.4 Å². The molecule has 2 atom stereocenters. The number of sulfonamides is 1. The minimum absolute atomic E-state index is 0.0965. The number of nitrogens with zero attached hydrogens (tertiary/aromatic N) is 2. The van der Waals surface area contributed by atoms with Crippen molar-refractivity contribution in [3.05, 3.63) is 11.4 Å². The lowest BCUT2D eigenvalue weighted by atomic mass is 9.92. The first kappa shape index (κ1) is 14.5. The molecule has 0 bridgehead atoms. The summed E-state index contributed by atoms with van der Waals surface area (Å²) in [6.07, 6.45) is 3.77. The Bertz CT molecular complexity index is 565. The van der Waals surface area contributed by atoms with Crippen LogP contribution in [0.15, 0.2) is 4.90 Å². The zero-order chi connectivity index (χ0) is 14.2. The monoisotopic (exact) mass is 286 g/mol. The molecule has 3 N–H and O–H groups in total. The van der Waals surface area contributed by atoms with Crippen LogP contribution in [0.1, 0.15) is 37.1 Å². The number of rotatable bonds is 3. The Morgan fingerprint density at radius 1 is 1.32 bits per heavy atom. The van der Waals surface area contributed by atoms with Gasteiger partial charge < -0.3 is 5.73 Å². The largest absolute Gasteiger partial charge is 0.326 e. The molecule has 0 aromatic carbocycles. The Morgan fingerprint density at radius 2 is 1.95 bits per heavy atom. The van der Waals surface area contributed by atoms with Gasteiger partial charge in [-0.3, -0.25) is 4.68 Å². The first-order valence-electron chi connectivity index (χ1n) is 6.61. The molecule has 0 amide bonds. The lowest BCUT2D eigenvalue weighted by molar-refractivity contribution is 0.361. The van der Waals surface area contributed by atoms with E-state index >= 15 is 0 Å². The number of aryl methyl sites for hydroxylation is 2. The van der Waals surface area contributed by atoms with Crippen LogP contribution < -0.4 is 10.5 Å². The Kier molecular flexibility index (Phi) is 3.98. The van der Waals surface area contributed by atoms with Gasteiger partial charge in [0, 0.05) is 19.1 Å². The van der Waals surface area contributed by atoms with Gasteiger partial charge in [-0.05, 0) is 26.7 Å². The highest BCUT2D eigenvalue weighted by Crippen LogP contribution is 2.22. The predicted molar refractivity (Wildman–Crippen MR) is 73.2 cm³/mol. The Morgan fingerprint density at radius 3 is 2.47 bits per heavy atom. The molecule has 1 fully saturated rings. The molecule has 1 saturated carbocycles. The van der Waals surface area contributed by atoms with E-state index < -0.39 is 10.0 Å². The molecule has 2 rings (SSSR count). The van der Waals surface area contributed by atoms with Crippen LogP contribution in [0.3, 0.4) is 0 Å². The third-order valence-electron chi connectivity index (χ3n) is 3.84. The molecule has 0 aliphatic heterocycles. The highest BCUT2D eigenvalue weighted by atomic mass is 32.2. The third-order valence-corrected chi connectivity index (χ3v) is 5.58. The van der Waals surface area contributed by atoms with Crippen LogP contribution in [0.25, 0.3) is 0 Å². The van der Waals surface area contributed by atoms with Gasteiger partial charge in [-0.25, -0.2) is 13.1 Å². The van der Waals surface area contributed by atoms with Crippen molar-refractivity contribution in [2.45, 2.75) is 56.5 Å². The van der Waals surface area contributed by atoms with Crippen molar-refractivity contribution in [2.24, 2.45) is 12.8 Å². The van der Waals surface area contributed by atoms with E-state index in [1.165, 1.54) is 0 Å². The first-order chi connectivity index (χ1) is 8.83. The van der Waals surface area contributed by atoms with E-state index in [1.54, 1.807) is 25.6 Å². The number of hydrogen-bond acceptors (Lipinski definition) is 4. The normalized spacial score (nSPS) is 24.6. The van der Waals surface area contributed by atoms with Gasteiger partial charge in [-0.1, -0.05) is 12.8 Å². The first-order valence-corrected chi connectivity index (χ1v) is 8.09. The summed E-state index contributed by atoms with van der Waals surface area (Å²) in [6.45, 7) is 3.47. The zero-order valence-electron chi connectivity index (χ0n) is 11.7. The maximum atomic E-state index is 12.5. The van der Waals surface area contributed by atoms with Gasteiger partial charge >= 0.3 is 0 Å². The van der Waals surface area contributed by atoms with E-state index in [9.17, 15) is 8.42 Å². The molecule has 0 spiro atoms. The molecule has 0 unspecified atom stereocenters. The van der Waals surface area contributed by atoms with Crippen molar-refractivity contribution >= 4 is 10.0 Å². The fraction of sp³-hybridized carbons (Fsp3) is 0.750. The van der Waals surface area contributed by atoms with Crippen molar-refractivity contribution in [2.75, 3.05) is 0 Å². The number of aromatic nitrogens is 2. The quantitative estimate of drug-likeness (QED) is 0.850. The second kappa shape index (κ2) is 5.22. The Balaban J connectivity index is 2.27. The van der Waals surface area contributed by atoms with E-state index in [4.69, 9.17) is 5.73 Å². The third kappa shape index (κ3) is 2.82. The van der Waals surface area contributed by atoms with Crippen molar-refractivity contribution in [1.29, 1.82) is 0 Å². The molecule has 108 valence electrons. The lowest BCUT2D eigenvalue weighted by Crippen LogP contribution is -2.49. The molecular formula is C12H22N4O2S. The van der Waals surface area contributed by atoms with Crippen LogP contribution in [-0.4, -0.2) is 30.3 Å². The van der Waals surface area contributed by atoms with Gasteiger partial charge in [-0.2, -0.15) is 5.10 Å². The highest BCUT2D eigenvalue weighted by Gasteiger charge is 2.30. The zero-order valence-corrected chi connectivity index (χ0v) is 12.5. The molecule has 0 saturated heterocycles. The smallest absolute Gasteiger partial charge is 0.244 e. The lowest BCUT2D eigenvalue weighted by Gasteiger charge is -2.29. The molecule has 6 nitrogen and oxygen atoms in total. The minimum atomic E-state index is -3.55. The maximum Gasteiger partial charge on any atom is 0.244 e. The van der Waals surface area contributed by atoms with Gasteiger partial charge in [-0.15, -0.1) is 0 Å². The van der Waals surface area contributed by atoms with Crippen LogP contribution in [0.5, 0.6) is 0 Å². The standard InChI is InChI=1S/C12H22N4O2S/c1-8-12(9(2)16(3)14-8)19(17,18)15-11-7-5-4-6-10(11)13/h10-11,15H,4-7,13H2,1-3H3/t10-,11-/m1/s1. The van der Waals surface area contributed by atoms with Crippen LogP contribution in [-0.2, 0) is 17.1 Å². The van der Waals surface area contributed by atoms with Crippen LogP contribution in [0.2, 0.25) is 0 Å². The van der Waals surface area contributed by atoms with Crippen molar-refractivity contribution < 1.29 is 8.42 Å².